The quantitative estimate of drug-likeness (QED) is 0.570. The van der Waals surface area contributed by atoms with Crippen molar-refractivity contribution in [2.45, 2.75) is 26.7 Å². The van der Waals surface area contributed by atoms with Crippen molar-refractivity contribution in [1.82, 2.24) is 9.78 Å². The summed E-state index contributed by atoms with van der Waals surface area (Å²) in [6, 6.07) is 6.13. The van der Waals surface area contributed by atoms with E-state index in [0.717, 1.165) is 16.8 Å². The zero-order chi connectivity index (χ0) is 11.7. The number of benzene rings is 1. The first-order chi connectivity index (χ1) is 7.59. The smallest absolute Gasteiger partial charge is 0.121 e. The fraction of sp³-hybridized carbons (Fsp3) is 0.333. The number of hydrogen-bond acceptors (Lipinski definition) is 2. The van der Waals surface area contributed by atoms with Crippen LogP contribution in [0.4, 0.5) is 0 Å². The van der Waals surface area contributed by atoms with Gasteiger partial charge in [-0.15, -0.1) is 0 Å². The molecule has 16 heavy (non-hydrogen) atoms. The zero-order valence-electron chi connectivity index (χ0n) is 9.71. The van der Waals surface area contributed by atoms with E-state index in [1.165, 1.54) is 10.9 Å². The van der Waals surface area contributed by atoms with Crippen molar-refractivity contribution < 1.29 is 4.96 Å². The monoisotopic (exact) mass is 217 g/mol. The van der Waals surface area contributed by atoms with Crippen molar-refractivity contribution in [2.24, 2.45) is 0 Å². The van der Waals surface area contributed by atoms with Crippen LogP contribution in [0.25, 0.3) is 5.69 Å². The van der Waals surface area contributed by atoms with E-state index in [1.807, 2.05) is 13.0 Å². The Labute approximate surface area is 94.7 Å². The van der Waals surface area contributed by atoms with Crippen molar-refractivity contribution in [1.29, 1.82) is 0 Å². The normalized spacial score (nSPS) is 11.0. The predicted molar refractivity (Wildman–Crippen MR) is 61.4 cm³/mol. The summed E-state index contributed by atoms with van der Waals surface area (Å²) < 4.78 is 1.52. The number of hydrogen-bond donors (Lipinski definition) is 0. The van der Waals surface area contributed by atoms with Gasteiger partial charge in [-0.3, -0.25) is 0 Å². The van der Waals surface area contributed by atoms with Gasteiger partial charge in [0.1, 0.15) is 11.9 Å². The average molecular weight is 217 g/mol. The Morgan fingerprint density at radius 2 is 2.12 bits per heavy atom. The van der Waals surface area contributed by atoms with Crippen molar-refractivity contribution in [3.8, 4) is 5.69 Å². The Balaban J connectivity index is 2.63. The van der Waals surface area contributed by atoms with Gasteiger partial charge in [-0.1, -0.05) is 30.7 Å². The average Bonchev–Trinajstić information content (AvgIpc) is 2.63. The first-order valence-corrected chi connectivity index (χ1v) is 5.34. The highest BCUT2D eigenvalue weighted by Crippen LogP contribution is 2.22. The van der Waals surface area contributed by atoms with E-state index in [4.69, 9.17) is 0 Å². The summed E-state index contributed by atoms with van der Waals surface area (Å²) in [6.07, 6.45) is 3.17. The Morgan fingerprint density at radius 1 is 1.38 bits per heavy atom. The molecule has 84 valence electrons. The lowest BCUT2D eigenvalue weighted by Crippen LogP contribution is -2.39. The molecule has 0 unspecified atom stereocenters. The third-order valence-corrected chi connectivity index (χ3v) is 2.61. The van der Waals surface area contributed by atoms with Crippen LogP contribution in [0.15, 0.2) is 30.6 Å². The van der Waals surface area contributed by atoms with Crippen LogP contribution in [-0.4, -0.2) is 9.78 Å². The SMILES string of the molecule is Cc1ccc(C(C)C)c(-n2ccn[n+]2[O-])c1. The van der Waals surface area contributed by atoms with E-state index in [-0.39, 0.29) is 0 Å². The van der Waals surface area contributed by atoms with E-state index in [2.05, 4.69) is 31.1 Å². The first-order valence-electron chi connectivity index (χ1n) is 5.34. The summed E-state index contributed by atoms with van der Waals surface area (Å²) in [5.74, 6) is 0.373. The van der Waals surface area contributed by atoms with Crippen LogP contribution in [0.2, 0.25) is 0 Å². The second-order valence-corrected chi connectivity index (χ2v) is 4.23. The topological polar surface area (TPSA) is 44.8 Å². The Hall–Kier alpha value is -1.84. The largest absolute Gasteiger partial charge is 0.571 e. The molecule has 0 fully saturated rings. The van der Waals surface area contributed by atoms with Crippen molar-refractivity contribution in [2.75, 3.05) is 0 Å². The molecule has 2 rings (SSSR count). The van der Waals surface area contributed by atoms with Crippen molar-refractivity contribution >= 4 is 0 Å². The molecule has 0 amide bonds. The summed E-state index contributed by atoms with van der Waals surface area (Å²) in [7, 11) is 0. The van der Waals surface area contributed by atoms with Gasteiger partial charge in [0.25, 0.3) is 0 Å². The maximum Gasteiger partial charge on any atom is 0.121 e. The summed E-state index contributed by atoms with van der Waals surface area (Å²) in [5, 5.41) is 15.1. The number of rotatable bonds is 2. The minimum atomic E-state index is 0.373. The molecule has 0 aliphatic rings. The molecule has 4 heteroatoms. The zero-order valence-corrected chi connectivity index (χ0v) is 9.71. The standard InChI is InChI=1S/C12H15N3O/c1-9(2)11-5-4-10(3)8-12(11)14-7-6-13-15(14)16/h4-9H,1-3H3. The van der Waals surface area contributed by atoms with Gasteiger partial charge in [0.2, 0.25) is 0 Å². The lowest BCUT2D eigenvalue weighted by Gasteiger charge is -2.12. The summed E-state index contributed by atoms with van der Waals surface area (Å²) in [5.41, 5.74) is 3.18. The maximum atomic E-state index is 11.5. The molecular weight excluding hydrogens is 202 g/mol. The van der Waals surface area contributed by atoms with Gasteiger partial charge in [-0.25, -0.2) is 0 Å². The second kappa shape index (κ2) is 3.96. The van der Waals surface area contributed by atoms with E-state index in [1.54, 1.807) is 6.20 Å². The van der Waals surface area contributed by atoms with Gasteiger partial charge < -0.3 is 5.21 Å². The second-order valence-electron chi connectivity index (χ2n) is 4.23. The van der Waals surface area contributed by atoms with Crippen LogP contribution in [0, 0.1) is 12.1 Å². The molecule has 0 aliphatic heterocycles. The molecule has 0 atom stereocenters. The summed E-state index contributed by atoms with van der Waals surface area (Å²) in [4.78, 5) is 0.598. The van der Waals surface area contributed by atoms with Crippen LogP contribution >= 0.6 is 0 Å². The van der Waals surface area contributed by atoms with Crippen LogP contribution in [-0.2, 0) is 0 Å². The molecule has 4 nitrogen and oxygen atoms in total. The Bertz CT molecular complexity index is 503. The molecule has 1 aromatic carbocycles. The molecule has 0 aliphatic carbocycles. The molecule has 0 saturated carbocycles. The van der Waals surface area contributed by atoms with Crippen molar-refractivity contribution in [3.63, 3.8) is 0 Å². The van der Waals surface area contributed by atoms with E-state index < -0.39 is 0 Å². The van der Waals surface area contributed by atoms with Gasteiger partial charge >= 0.3 is 0 Å². The van der Waals surface area contributed by atoms with Gasteiger partial charge in [-0.05, 0) is 30.0 Å². The van der Waals surface area contributed by atoms with E-state index in [9.17, 15) is 5.21 Å². The van der Waals surface area contributed by atoms with Crippen LogP contribution in [0.3, 0.4) is 0 Å². The Morgan fingerprint density at radius 3 is 2.69 bits per heavy atom. The van der Waals surface area contributed by atoms with Gasteiger partial charge in [-0.2, -0.15) is 0 Å². The van der Waals surface area contributed by atoms with Gasteiger partial charge in [0, 0.05) is 10.1 Å². The van der Waals surface area contributed by atoms with Gasteiger partial charge in [0.15, 0.2) is 0 Å². The lowest BCUT2D eigenvalue weighted by atomic mass is 9.99. The Kier molecular flexibility index (Phi) is 2.64. The fourth-order valence-corrected chi connectivity index (χ4v) is 1.78. The molecule has 0 spiro atoms. The number of aromatic nitrogens is 3. The molecular formula is C12H15N3O. The third-order valence-electron chi connectivity index (χ3n) is 2.61. The minimum Gasteiger partial charge on any atom is -0.571 e. The third kappa shape index (κ3) is 1.78. The molecule has 0 saturated heterocycles. The van der Waals surface area contributed by atoms with Gasteiger partial charge in [0.05, 0.1) is 6.20 Å². The molecule has 1 aromatic heterocycles. The minimum absolute atomic E-state index is 0.373. The fourth-order valence-electron chi connectivity index (χ4n) is 1.78. The van der Waals surface area contributed by atoms with Crippen LogP contribution < -0.4 is 4.96 Å². The predicted octanol–water partition coefficient (Wildman–Crippen LogP) is 1.94. The maximum absolute atomic E-state index is 11.5. The highest BCUT2D eigenvalue weighted by atomic mass is 16.5. The number of aryl methyl sites for hydroxylation is 1. The summed E-state index contributed by atoms with van der Waals surface area (Å²) >= 11 is 0. The van der Waals surface area contributed by atoms with E-state index in [0.29, 0.717) is 10.9 Å². The molecule has 0 N–H and O–H groups in total. The molecule has 0 radical (unpaired) electrons. The van der Waals surface area contributed by atoms with Crippen LogP contribution in [0.5, 0.6) is 0 Å². The highest BCUT2D eigenvalue weighted by Gasteiger charge is 2.13. The molecule has 1 heterocycles. The molecule has 2 aromatic rings. The highest BCUT2D eigenvalue weighted by molar-refractivity contribution is 5.44. The van der Waals surface area contributed by atoms with E-state index >= 15 is 0 Å². The molecule has 0 bridgehead atoms. The number of nitrogens with zero attached hydrogens (tertiary/aromatic N) is 3. The summed E-state index contributed by atoms with van der Waals surface area (Å²) in [6.45, 7) is 6.24. The lowest BCUT2D eigenvalue weighted by molar-refractivity contribution is -0.740. The van der Waals surface area contributed by atoms with Crippen molar-refractivity contribution in [3.05, 3.63) is 46.9 Å². The van der Waals surface area contributed by atoms with Crippen LogP contribution in [0.1, 0.15) is 30.9 Å². The first kappa shape index (κ1) is 10.7.